The molecule has 0 aliphatic carbocycles. The normalized spacial score (nSPS) is 8.23. The van der Waals surface area contributed by atoms with Gasteiger partial charge in [0.05, 0.1) is 7.11 Å². The van der Waals surface area contributed by atoms with E-state index in [-0.39, 0.29) is 24.8 Å². The molecular weight excluding hydrogens is 211 g/mol. The van der Waals surface area contributed by atoms with Crippen molar-refractivity contribution in [3.05, 3.63) is 23.5 Å². The van der Waals surface area contributed by atoms with Crippen molar-refractivity contribution in [3.8, 4) is 5.75 Å². The van der Waals surface area contributed by atoms with Crippen molar-refractivity contribution < 1.29 is 4.74 Å². The molecule has 1 heterocycles. The molecule has 2 N–H and O–H groups in total. The average molecular weight is 225 g/mol. The maximum absolute atomic E-state index is 5.46. The summed E-state index contributed by atoms with van der Waals surface area (Å²) in [7, 11) is 1.63. The molecular formula is C8H14Cl2N2O. The van der Waals surface area contributed by atoms with Gasteiger partial charge in [-0.2, -0.15) is 0 Å². The summed E-state index contributed by atoms with van der Waals surface area (Å²) in [6.07, 6.45) is 1.74. The van der Waals surface area contributed by atoms with E-state index in [2.05, 4.69) is 4.98 Å². The predicted octanol–water partition coefficient (Wildman–Crippen LogP) is 1.70. The monoisotopic (exact) mass is 224 g/mol. The first kappa shape index (κ1) is 15.0. The van der Waals surface area contributed by atoms with E-state index < -0.39 is 0 Å². The Balaban J connectivity index is 0. The third-order valence-electron chi connectivity index (χ3n) is 1.52. The second kappa shape index (κ2) is 6.95. The van der Waals surface area contributed by atoms with Gasteiger partial charge in [0.25, 0.3) is 0 Å². The smallest absolute Gasteiger partial charge is 0.126 e. The van der Waals surface area contributed by atoms with Crippen LogP contribution in [0, 0.1) is 6.92 Å². The molecule has 0 radical (unpaired) electrons. The van der Waals surface area contributed by atoms with E-state index in [0.29, 0.717) is 6.54 Å². The van der Waals surface area contributed by atoms with Crippen molar-refractivity contribution in [1.82, 2.24) is 4.98 Å². The first-order valence-corrected chi connectivity index (χ1v) is 3.47. The highest BCUT2D eigenvalue weighted by molar-refractivity contribution is 5.85. The Morgan fingerprint density at radius 3 is 2.54 bits per heavy atom. The molecule has 0 saturated heterocycles. The molecule has 0 aromatic carbocycles. The van der Waals surface area contributed by atoms with Gasteiger partial charge in [-0.3, -0.25) is 4.98 Å². The van der Waals surface area contributed by atoms with Crippen molar-refractivity contribution in [2.75, 3.05) is 7.11 Å². The molecule has 0 atom stereocenters. The fourth-order valence-electron chi connectivity index (χ4n) is 0.906. The van der Waals surface area contributed by atoms with Gasteiger partial charge in [-0.15, -0.1) is 24.8 Å². The maximum Gasteiger partial charge on any atom is 0.126 e. The maximum atomic E-state index is 5.46. The van der Waals surface area contributed by atoms with Crippen LogP contribution in [0.1, 0.15) is 11.3 Å². The SMILES string of the molecule is COc1cc(C)ncc1CN.Cl.Cl. The minimum Gasteiger partial charge on any atom is -0.496 e. The summed E-state index contributed by atoms with van der Waals surface area (Å²) < 4.78 is 5.10. The Labute approximate surface area is 90.5 Å². The van der Waals surface area contributed by atoms with Gasteiger partial charge in [-0.25, -0.2) is 0 Å². The first-order chi connectivity index (χ1) is 5.27. The highest BCUT2D eigenvalue weighted by Gasteiger charge is 2.00. The van der Waals surface area contributed by atoms with Gasteiger partial charge >= 0.3 is 0 Å². The molecule has 0 unspecified atom stereocenters. The van der Waals surface area contributed by atoms with Gasteiger partial charge in [-0.1, -0.05) is 0 Å². The topological polar surface area (TPSA) is 48.1 Å². The molecule has 0 saturated carbocycles. The van der Waals surface area contributed by atoms with Crippen LogP contribution in [-0.4, -0.2) is 12.1 Å². The largest absolute Gasteiger partial charge is 0.496 e. The molecule has 5 heteroatoms. The molecule has 0 bridgehead atoms. The molecule has 0 aliphatic heterocycles. The lowest BCUT2D eigenvalue weighted by atomic mass is 10.2. The van der Waals surface area contributed by atoms with E-state index in [1.165, 1.54) is 0 Å². The molecule has 0 fully saturated rings. The zero-order valence-corrected chi connectivity index (χ0v) is 9.24. The third-order valence-corrected chi connectivity index (χ3v) is 1.52. The fraction of sp³-hybridized carbons (Fsp3) is 0.375. The number of aryl methyl sites for hydroxylation is 1. The van der Waals surface area contributed by atoms with Crippen LogP contribution < -0.4 is 10.5 Å². The molecule has 3 nitrogen and oxygen atoms in total. The third kappa shape index (κ3) is 3.81. The number of methoxy groups -OCH3 is 1. The van der Waals surface area contributed by atoms with Gasteiger partial charge < -0.3 is 10.5 Å². The Hall–Kier alpha value is -0.510. The van der Waals surface area contributed by atoms with Crippen LogP contribution in [-0.2, 0) is 6.54 Å². The fourth-order valence-corrected chi connectivity index (χ4v) is 0.906. The number of hydrogen-bond acceptors (Lipinski definition) is 3. The summed E-state index contributed by atoms with van der Waals surface area (Å²) in [6.45, 7) is 2.39. The van der Waals surface area contributed by atoms with Gasteiger partial charge in [0, 0.05) is 30.1 Å². The average Bonchev–Trinajstić information content (AvgIpc) is 2.04. The van der Waals surface area contributed by atoms with Gasteiger partial charge in [0.15, 0.2) is 0 Å². The van der Waals surface area contributed by atoms with E-state index in [0.717, 1.165) is 17.0 Å². The first-order valence-electron chi connectivity index (χ1n) is 3.47. The number of nitrogens with two attached hydrogens (primary N) is 1. The van der Waals surface area contributed by atoms with E-state index >= 15 is 0 Å². The minimum atomic E-state index is 0. The number of ether oxygens (including phenoxy) is 1. The number of pyridine rings is 1. The van der Waals surface area contributed by atoms with Crippen molar-refractivity contribution in [2.45, 2.75) is 13.5 Å². The number of aromatic nitrogens is 1. The molecule has 0 aliphatic rings. The lowest BCUT2D eigenvalue weighted by molar-refractivity contribution is 0.408. The Kier molecular flexibility index (Phi) is 8.01. The summed E-state index contributed by atoms with van der Waals surface area (Å²) in [6, 6.07) is 1.88. The van der Waals surface area contributed by atoms with E-state index in [9.17, 15) is 0 Å². The van der Waals surface area contributed by atoms with Crippen LogP contribution in [0.25, 0.3) is 0 Å². The van der Waals surface area contributed by atoms with Crippen molar-refractivity contribution in [1.29, 1.82) is 0 Å². The van der Waals surface area contributed by atoms with Crippen LogP contribution in [0.15, 0.2) is 12.3 Å². The van der Waals surface area contributed by atoms with Crippen molar-refractivity contribution >= 4 is 24.8 Å². The lowest BCUT2D eigenvalue weighted by Crippen LogP contribution is -2.01. The van der Waals surface area contributed by atoms with Crippen molar-refractivity contribution in [2.24, 2.45) is 5.73 Å². The summed E-state index contributed by atoms with van der Waals surface area (Å²) in [5.74, 6) is 0.819. The molecule has 1 rings (SSSR count). The quantitative estimate of drug-likeness (QED) is 0.833. The Morgan fingerprint density at radius 2 is 2.08 bits per heavy atom. The van der Waals surface area contributed by atoms with E-state index in [4.69, 9.17) is 10.5 Å². The second-order valence-electron chi connectivity index (χ2n) is 2.34. The number of rotatable bonds is 2. The van der Waals surface area contributed by atoms with Gasteiger partial charge in [0.2, 0.25) is 0 Å². The van der Waals surface area contributed by atoms with Crippen LogP contribution in [0.5, 0.6) is 5.75 Å². The molecule has 0 spiro atoms. The summed E-state index contributed by atoms with van der Waals surface area (Å²) in [4.78, 5) is 4.10. The van der Waals surface area contributed by atoms with Crippen LogP contribution >= 0.6 is 24.8 Å². The van der Waals surface area contributed by atoms with E-state index in [1.54, 1.807) is 13.3 Å². The van der Waals surface area contributed by atoms with Crippen LogP contribution in [0.2, 0.25) is 0 Å². The zero-order chi connectivity index (χ0) is 8.27. The number of nitrogens with zero attached hydrogens (tertiary/aromatic N) is 1. The summed E-state index contributed by atoms with van der Waals surface area (Å²) in [5, 5.41) is 0. The van der Waals surface area contributed by atoms with Gasteiger partial charge in [-0.05, 0) is 6.92 Å². The lowest BCUT2D eigenvalue weighted by Gasteiger charge is -2.05. The number of halogens is 2. The molecule has 1 aromatic rings. The second-order valence-corrected chi connectivity index (χ2v) is 2.34. The molecule has 76 valence electrons. The number of hydrogen-bond donors (Lipinski definition) is 1. The summed E-state index contributed by atoms with van der Waals surface area (Å²) >= 11 is 0. The standard InChI is InChI=1S/C8H12N2O.2ClH/c1-6-3-8(11-2)7(4-9)5-10-6;;/h3,5H,4,9H2,1-2H3;2*1H. The molecule has 13 heavy (non-hydrogen) atoms. The summed E-state index contributed by atoms with van der Waals surface area (Å²) in [5.41, 5.74) is 7.34. The molecule has 0 amide bonds. The highest BCUT2D eigenvalue weighted by atomic mass is 35.5. The van der Waals surface area contributed by atoms with Crippen molar-refractivity contribution in [3.63, 3.8) is 0 Å². The van der Waals surface area contributed by atoms with E-state index in [1.807, 2.05) is 13.0 Å². The van der Waals surface area contributed by atoms with Gasteiger partial charge in [0.1, 0.15) is 5.75 Å². The minimum absolute atomic E-state index is 0. The van der Waals surface area contributed by atoms with Crippen LogP contribution in [0.3, 0.4) is 0 Å². The Bertz CT molecular complexity index is 256. The highest BCUT2D eigenvalue weighted by Crippen LogP contribution is 2.16. The molecule has 1 aromatic heterocycles. The predicted molar refractivity (Wildman–Crippen MR) is 57.9 cm³/mol. The Morgan fingerprint density at radius 1 is 1.46 bits per heavy atom. The zero-order valence-electron chi connectivity index (χ0n) is 7.61. The van der Waals surface area contributed by atoms with Crippen LogP contribution in [0.4, 0.5) is 0 Å².